The Morgan fingerprint density at radius 2 is 2.00 bits per heavy atom. The van der Waals surface area contributed by atoms with Gasteiger partial charge in [-0.25, -0.2) is 0 Å². The van der Waals surface area contributed by atoms with Crippen molar-refractivity contribution >= 4 is 18.5 Å². The van der Waals surface area contributed by atoms with Crippen molar-refractivity contribution in [2.75, 3.05) is 6.54 Å². The molecule has 2 aliphatic rings. The molecule has 1 aliphatic heterocycles. The summed E-state index contributed by atoms with van der Waals surface area (Å²) in [6.07, 6.45) is 5.68. The van der Waals surface area contributed by atoms with Crippen LogP contribution in [0.1, 0.15) is 32.1 Å². The first kappa shape index (κ1) is 8.42. The van der Waals surface area contributed by atoms with E-state index in [1.807, 2.05) is 4.90 Å². The fraction of sp³-hybridized carbons (Fsp3) is 0.889. The average molecular weight is 185 g/mol. The number of rotatable bonds is 1. The number of thiol groups is 1. The monoisotopic (exact) mass is 185 g/mol. The van der Waals surface area contributed by atoms with E-state index in [2.05, 4.69) is 12.6 Å². The lowest BCUT2D eigenvalue weighted by atomic mass is 10.2. The molecule has 1 saturated carbocycles. The highest BCUT2D eigenvalue weighted by Gasteiger charge is 2.33. The number of hydrogen-bond acceptors (Lipinski definition) is 2. The summed E-state index contributed by atoms with van der Waals surface area (Å²) in [5, 5.41) is 0.290. The van der Waals surface area contributed by atoms with E-state index in [9.17, 15) is 4.79 Å². The molecule has 2 rings (SSSR count). The molecular formula is C9H15NOS. The number of carbonyl (C=O) groups excluding carboxylic acids is 1. The maximum Gasteiger partial charge on any atom is 0.224 e. The molecule has 0 radical (unpaired) electrons. The Bertz CT molecular complexity index is 189. The maximum atomic E-state index is 11.4. The molecule has 0 aromatic carbocycles. The van der Waals surface area contributed by atoms with Crippen molar-refractivity contribution in [1.29, 1.82) is 0 Å². The minimum Gasteiger partial charge on any atom is -0.339 e. The molecule has 3 heteroatoms. The molecule has 0 bridgehead atoms. The molecule has 1 saturated heterocycles. The second kappa shape index (κ2) is 3.29. The molecule has 1 atom stereocenters. The first-order valence-electron chi connectivity index (χ1n) is 4.75. The van der Waals surface area contributed by atoms with Gasteiger partial charge in [-0.1, -0.05) is 12.8 Å². The third-order valence-corrected chi connectivity index (χ3v) is 3.25. The lowest BCUT2D eigenvalue weighted by molar-refractivity contribution is -0.129. The summed E-state index contributed by atoms with van der Waals surface area (Å²) in [7, 11) is 0. The second-order valence-corrected chi connectivity index (χ2v) is 4.57. The summed E-state index contributed by atoms with van der Waals surface area (Å²) in [6.45, 7) is 0.882. The fourth-order valence-electron chi connectivity index (χ4n) is 2.28. The number of carbonyl (C=O) groups is 1. The van der Waals surface area contributed by atoms with Crippen molar-refractivity contribution in [2.45, 2.75) is 43.4 Å². The molecule has 1 amide bonds. The number of amides is 1. The minimum absolute atomic E-state index is 0.290. The van der Waals surface area contributed by atoms with Gasteiger partial charge in [0.15, 0.2) is 0 Å². The van der Waals surface area contributed by atoms with Crippen molar-refractivity contribution in [3.8, 4) is 0 Å². The predicted molar refractivity (Wildman–Crippen MR) is 51.4 cm³/mol. The Hall–Kier alpha value is -0.180. The van der Waals surface area contributed by atoms with Gasteiger partial charge in [-0.3, -0.25) is 4.79 Å². The number of hydrogen-bond donors (Lipinski definition) is 1. The summed E-state index contributed by atoms with van der Waals surface area (Å²) in [6, 6.07) is 0.551. The lowest BCUT2D eigenvalue weighted by Crippen LogP contribution is -2.34. The molecule has 1 heterocycles. The molecule has 2 fully saturated rings. The Labute approximate surface area is 78.7 Å². The van der Waals surface area contributed by atoms with Crippen LogP contribution in [0.3, 0.4) is 0 Å². The second-order valence-electron chi connectivity index (χ2n) is 3.84. The zero-order valence-corrected chi connectivity index (χ0v) is 8.09. The molecule has 0 aromatic heterocycles. The van der Waals surface area contributed by atoms with E-state index < -0.39 is 0 Å². The quantitative estimate of drug-likeness (QED) is 0.613. The van der Waals surface area contributed by atoms with Gasteiger partial charge in [0.1, 0.15) is 0 Å². The largest absolute Gasteiger partial charge is 0.339 e. The molecule has 12 heavy (non-hydrogen) atoms. The zero-order chi connectivity index (χ0) is 8.55. The SMILES string of the molecule is O=C1CC(S)CN1C1CCCC1. The third-order valence-electron chi connectivity index (χ3n) is 2.90. The molecule has 1 unspecified atom stereocenters. The van der Waals surface area contributed by atoms with Crippen molar-refractivity contribution in [3.63, 3.8) is 0 Å². The molecule has 0 spiro atoms. The van der Waals surface area contributed by atoms with Gasteiger partial charge < -0.3 is 4.90 Å². The van der Waals surface area contributed by atoms with Crippen molar-refractivity contribution < 1.29 is 4.79 Å². The maximum absolute atomic E-state index is 11.4. The van der Waals surface area contributed by atoms with Crippen molar-refractivity contribution in [2.24, 2.45) is 0 Å². The molecule has 2 nitrogen and oxygen atoms in total. The Morgan fingerprint density at radius 3 is 2.50 bits per heavy atom. The smallest absolute Gasteiger partial charge is 0.224 e. The van der Waals surface area contributed by atoms with Gasteiger partial charge in [0.05, 0.1) is 0 Å². The summed E-state index contributed by atoms with van der Waals surface area (Å²) in [5.41, 5.74) is 0. The highest BCUT2D eigenvalue weighted by Crippen LogP contribution is 2.28. The van der Waals surface area contributed by atoms with Crippen LogP contribution in [-0.2, 0) is 4.79 Å². The average Bonchev–Trinajstić information content (AvgIpc) is 2.58. The van der Waals surface area contributed by atoms with Gasteiger partial charge in [0.2, 0.25) is 5.91 Å². The van der Waals surface area contributed by atoms with Crippen LogP contribution in [0.4, 0.5) is 0 Å². The Kier molecular flexibility index (Phi) is 2.31. The van der Waals surface area contributed by atoms with E-state index in [1.165, 1.54) is 25.7 Å². The molecule has 0 aromatic rings. The topological polar surface area (TPSA) is 20.3 Å². The van der Waals surface area contributed by atoms with Gasteiger partial charge >= 0.3 is 0 Å². The highest BCUT2D eigenvalue weighted by molar-refractivity contribution is 7.81. The molecule has 68 valence electrons. The summed E-state index contributed by atoms with van der Waals surface area (Å²) < 4.78 is 0. The first-order valence-corrected chi connectivity index (χ1v) is 5.26. The Balaban J connectivity index is 1.98. The normalized spacial score (nSPS) is 31.9. The lowest BCUT2D eigenvalue weighted by Gasteiger charge is -2.23. The van der Waals surface area contributed by atoms with Crippen LogP contribution in [0.15, 0.2) is 0 Å². The number of nitrogens with zero attached hydrogens (tertiary/aromatic N) is 1. The standard InChI is InChI=1S/C9H15NOS/c11-9-5-8(12)6-10(9)7-3-1-2-4-7/h7-8,12H,1-6H2. The van der Waals surface area contributed by atoms with Crippen LogP contribution >= 0.6 is 12.6 Å². The predicted octanol–water partition coefficient (Wildman–Crippen LogP) is 1.46. The van der Waals surface area contributed by atoms with Crippen LogP contribution in [0.2, 0.25) is 0 Å². The van der Waals surface area contributed by atoms with Crippen LogP contribution in [0.5, 0.6) is 0 Å². The van der Waals surface area contributed by atoms with Crippen LogP contribution in [0, 0.1) is 0 Å². The minimum atomic E-state index is 0.290. The van der Waals surface area contributed by atoms with Gasteiger partial charge in [0.25, 0.3) is 0 Å². The van der Waals surface area contributed by atoms with E-state index in [-0.39, 0.29) is 5.25 Å². The van der Waals surface area contributed by atoms with Crippen LogP contribution in [-0.4, -0.2) is 28.6 Å². The van der Waals surface area contributed by atoms with Crippen molar-refractivity contribution in [1.82, 2.24) is 4.90 Å². The number of likely N-dealkylation sites (tertiary alicyclic amines) is 1. The van der Waals surface area contributed by atoms with Gasteiger partial charge in [-0.05, 0) is 12.8 Å². The fourth-order valence-corrected chi connectivity index (χ4v) is 2.61. The van der Waals surface area contributed by atoms with Gasteiger partial charge in [-0.15, -0.1) is 0 Å². The molecule has 0 N–H and O–H groups in total. The van der Waals surface area contributed by atoms with Crippen LogP contribution < -0.4 is 0 Å². The van der Waals surface area contributed by atoms with E-state index >= 15 is 0 Å². The van der Waals surface area contributed by atoms with E-state index in [0.717, 1.165) is 6.54 Å². The molecule has 1 aliphatic carbocycles. The van der Waals surface area contributed by atoms with E-state index in [4.69, 9.17) is 0 Å². The van der Waals surface area contributed by atoms with E-state index in [1.54, 1.807) is 0 Å². The molecular weight excluding hydrogens is 170 g/mol. The van der Waals surface area contributed by atoms with Crippen molar-refractivity contribution in [3.05, 3.63) is 0 Å². The summed E-state index contributed by atoms with van der Waals surface area (Å²) in [5.74, 6) is 0.321. The summed E-state index contributed by atoms with van der Waals surface area (Å²) >= 11 is 4.34. The summed E-state index contributed by atoms with van der Waals surface area (Å²) in [4.78, 5) is 13.5. The van der Waals surface area contributed by atoms with Crippen LogP contribution in [0.25, 0.3) is 0 Å². The Morgan fingerprint density at radius 1 is 1.33 bits per heavy atom. The first-order chi connectivity index (χ1) is 5.77. The van der Waals surface area contributed by atoms with E-state index in [0.29, 0.717) is 18.4 Å². The third kappa shape index (κ3) is 1.47. The van der Waals surface area contributed by atoms with Gasteiger partial charge in [0, 0.05) is 24.3 Å². The zero-order valence-electron chi connectivity index (χ0n) is 7.20. The van der Waals surface area contributed by atoms with Gasteiger partial charge in [-0.2, -0.15) is 12.6 Å². The highest BCUT2D eigenvalue weighted by atomic mass is 32.1.